The summed E-state index contributed by atoms with van der Waals surface area (Å²) in [4.78, 5) is 12.2. The Bertz CT molecular complexity index is 348. The summed E-state index contributed by atoms with van der Waals surface area (Å²) in [6.07, 6.45) is 7.04. The number of nitrogens with one attached hydrogen (secondary N) is 1. The van der Waals surface area contributed by atoms with Crippen LogP contribution in [0.4, 0.5) is 5.95 Å². The number of anilines is 1. The van der Waals surface area contributed by atoms with Crippen LogP contribution < -0.4 is 5.32 Å². The smallest absolute Gasteiger partial charge is 0.223 e. The zero-order valence-electron chi connectivity index (χ0n) is 8.22. The van der Waals surface area contributed by atoms with Gasteiger partial charge in [0.25, 0.3) is 0 Å². The quantitative estimate of drug-likeness (QED) is 0.807. The Balaban J connectivity index is 1.81. The van der Waals surface area contributed by atoms with E-state index in [1.165, 1.54) is 0 Å². The molecule has 75 valence electrons. The predicted molar refractivity (Wildman–Crippen MR) is 57.3 cm³/mol. The molecular weight excluding hydrogens is 188 g/mol. The minimum atomic E-state index is 0.605. The van der Waals surface area contributed by atoms with Crippen molar-refractivity contribution in [3.63, 3.8) is 0 Å². The van der Waals surface area contributed by atoms with Crippen LogP contribution in [0, 0.1) is 6.20 Å². The van der Waals surface area contributed by atoms with E-state index in [2.05, 4.69) is 26.5 Å². The summed E-state index contributed by atoms with van der Waals surface area (Å²) in [5, 5.41) is 3.10. The van der Waals surface area contributed by atoms with Gasteiger partial charge in [0.15, 0.2) is 0 Å². The molecule has 0 aliphatic heterocycles. The molecule has 2 aromatic heterocycles. The highest BCUT2D eigenvalue weighted by Crippen LogP contribution is 1.97. The van der Waals surface area contributed by atoms with Crippen LogP contribution >= 0.6 is 0 Å². The number of hydrogen-bond acceptors (Lipinski definition) is 4. The average molecular weight is 199 g/mol. The SMILES string of the molecule is [c]1ccnc(NCCc2ccccn2)n1. The standard InChI is InChI=1S/C11H11N4/c1-2-6-12-10(4-1)5-9-15-11-13-7-3-8-14-11/h1-4,6-7H,5,9H2,(H,13,14,15). The molecule has 0 saturated heterocycles. The van der Waals surface area contributed by atoms with E-state index in [-0.39, 0.29) is 0 Å². The summed E-state index contributed by atoms with van der Waals surface area (Å²) in [5.74, 6) is 0.605. The van der Waals surface area contributed by atoms with E-state index < -0.39 is 0 Å². The summed E-state index contributed by atoms with van der Waals surface area (Å²) in [6, 6.07) is 7.56. The molecule has 4 nitrogen and oxygen atoms in total. The molecule has 0 unspecified atom stereocenters. The van der Waals surface area contributed by atoms with E-state index in [4.69, 9.17) is 0 Å². The van der Waals surface area contributed by atoms with Gasteiger partial charge in [0, 0.05) is 31.1 Å². The van der Waals surface area contributed by atoms with Crippen molar-refractivity contribution in [2.45, 2.75) is 6.42 Å². The number of hydrogen-bond donors (Lipinski definition) is 1. The normalized spacial score (nSPS) is 9.87. The first-order chi connectivity index (χ1) is 7.45. The van der Waals surface area contributed by atoms with Crippen LogP contribution in [0.25, 0.3) is 0 Å². The Morgan fingerprint density at radius 3 is 2.93 bits per heavy atom. The minimum Gasteiger partial charge on any atom is -0.354 e. The van der Waals surface area contributed by atoms with Crippen LogP contribution in [0.3, 0.4) is 0 Å². The van der Waals surface area contributed by atoms with Crippen molar-refractivity contribution in [2.75, 3.05) is 11.9 Å². The fraction of sp³-hybridized carbons (Fsp3) is 0.182. The maximum absolute atomic E-state index is 4.22. The van der Waals surface area contributed by atoms with Gasteiger partial charge in [0.1, 0.15) is 0 Å². The number of aromatic nitrogens is 3. The fourth-order valence-corrected chi connectivity index (χ4v) is 1.20. The lowest BCUT2D eigenvalue weighted by atomic mass is 10.3. The molecule has 1 radical (unpaired) electrons. The van der Waals surface area contributed by atoms with Gasteiger partial charge in [-0.15, -0.1) is 0 Å². The maximum Gasteiger partial charge on any atom is 0.223 e. The Hall–Kier alpha value is -1.97. The van der Waals surface area contributed by atoms with Gasteiger partial charge in [-0.3, -0.25) is 4.98 Å². The summed E-state index contributed by atoms with van der Waals surface area (Å²) < 4.78 is 0. The second-order valence-corrected chi connectivity index (χ2v) is 3.01. The van der Waals surface area contributed by atoms with Gasteiger partial charge < -0.3 is 5.32 Å². The van der Waals surface area contributed by atoms with Crippen molar-refractivity contribution >= 4 is 5.95 Å². The van der Waals surface area contributed by atoms with Crippen molar-refractivity contribution < 1.29 is 0 Å². The summed E-state index contributed by atoms with van der Waals surface area (Å²) in [6.45, 7) is 0.773. The van der Waals surface area contributed by atoms with E-state index in [0.717, 1.165) is 18.7 Å². The van der Waals surface area contributed by atoms with Crippen molar-refractivity contribution in [3.05, 3.63) is 48.5 Å². The molecule has 2 rings (SSSR count). The largest absolute Gasteiger partial charge is 0.354 e. The molecule has 15 heavy (non-hydrogen) atoms. The first-order valence-electron chi connectivity index (χ1n) is 4.78. The lowest BCUT2D eigenvalue weighted by Crippen LogP contribution is -2.08. The molecule has 0 spiro atoms. The summed E-state index contributed by atoms with van der Waals surface area (Å²) >= 11 is 0. The van der Waals surface area contributed by atoms with Crippen LogP contribution in [0.1, 0.15) is 5.69 Å². The molecule has 0 saturated carbocycles. The van der Waals surface area contributed by atoms with Crippen LogP contribution in [-0.2, 0) is 6.42 Å². The Morgan fingerprint density at radius 1 is 1.20 bits per heavy atom. The van der Waals surface area contributed by atoms with Gasteiger partial charge in [0.2, 0.25) is 5.95 Å². The Labute approximate surface area is 88.4 Å². The van der Waals surface area contributed by atoms with Crippen LogP contribution in [0.15, 0.2) is 36.7 Å². The highest BCUT2D eigenvalue weighted by Gasteiger charge is 1.94. The molecule has 2 heterocycles. The van der Waals surface area contributed by atoms with Crippen LogP contribution in [0.5, 0.6) is 0 Å². The third-order valence-electron chi connectivity index (χ3n) is 1.91. The molecule has 0 aromatic carbocycles. The Morgan fingerprint density at radius 2 is 2.20 bits per heavy atom. The number of rotatable bonds is 4. The highest BCUT2D eigenvalue weighted by molar-refractivity contribution is 5.22. The van der Waals surface area contributed by atoms with Gasteiger partial charge in [-0.1, -0.05) is 6.07 Å². The second-order valence-electron chi connectivity index (χ2n) is 3.01. The van der Waals surface area contributed by atoms with Gasteiger partial charge in [-0.25, -0.2) is 9.97 Å². The van der Waals surface area contributed by atoms with E-state index in [9.17, 15) is 0 Å². The molecule has 0 fully saturated rings. The average Bonchev–Trinajstić information content (AvgIpc) is 2.32. The Kier molecular flexibility index (Phi) is 3.22. The first-order valence-corrected chi connectivity index (χ1v) is 4.78. The molecule has 2 aromatic rings. The van der Waals surface area contributed by atoms with Crippen molar-refractivity contribution in [1.82, 2.24) is 15.0 Å². The molecule has 1 N–H and O–H groups in total. The molecule has 0 bridgehead atoms. The van der Waals surface area contributed by atoms with E-state index in [0.29, 0.717) is 5.95 Å². The van der Waals surface area contributed by atoms with Crippen molar-refractivity contribution in [1.29, 1.82) is 0 Å². The van der Waals surface area contributed by atoms with Gasteiger partial charge >= 0.3 is 0 Å². The predicted octanol–water partition coefficient (Wildman–Crippen LogP) is 1.33. The van der Waals surface area contributed by atoms with E-state index >= 15 is 0 Å². The first kappa shape index (κ1) is 9.58. The van der Waals surface area contributed by atoms with Gasteiger partial charge in [-0.05, 0) is 18.2 Å². The zero-order chi connectivity index (χ0) is 10.3. The van der Waals surface area contributed by atoms with Crippen LogP contribution in [0.2, 0.25) is 0 Å². The summed E-state index contributed by atoms with van der Waals surface area (Å²) in [7, 11) is 0. The summed E-state index contributed by atoms with van der Waals surface area (Å²) in [5.41, 5.74) is 1.06. The molecular formula is C11H11N4. The topological polar surface area (TPSA) is 50.7 Å². The molecule has 0 aliphatic carbocycles. The third kappa shape index (κ3) is 3.02. The van der Waals surface area contributed by atoms with Crippen molar-refractivity contribution in [3.8, 4) is 0 Å². The van der Waals surface area contributed by atoms with E-state index in [1.54, 1.807) is 18.5 Å². The molecule has 0 amide bonds. The lowest BCUT2D eigenvalue weighted by Gasteiger charge is -2.02. The fourth-order valence-electron chi connectivity index (χ4n) is 1.20. The zero-order valence-corrected chi connectivity index (χ0v) is 8.22. The number of pyridine rings is 1. The van der Waals surface area contributed by atoms with Crippen molar-refractivity contribution in [2.24, 2.45) is 0 Å². The highest BCUT2D eigenvalue weighted by atomic mass is 15.1. The van der Waals surface area contributed by atoms with Gasteiger partial charge in [0.05, 0.1) is 6.20 Å². The van der Waals surface area contributed by atoms with Crippen LogP contribution in [-0.4, -0.2) is 21.5 Å². The molecule has 0 atom stereocenters. The van der Waals surface area contributed by atoms with Gasteiger partial charge in [-0.2, -0.15) is 0 Å². The molecule has 0 aliphatic rings. The molecule has 4 heteroatoms. The second kappa shape index (κ2) is 5.05. The maximum atomic E-state index is 4.22. The van der Waals surface area contributed by atoms with E-state index in [1.807, 2.05) is 18.2 Å². The lowest BCUT2D eigenvalue weighted by molar-refractivity contribution is 0.940. The monoisotopic (exact) mass is 199 g/mol. The minimum absolute atomic E-state index is 0.605. The number of nitrogens with zero attached hydrogens (tertiary/aromatic N) is 3. The third-order valence-corrected chi connectivity index (χ3v) is 1.91.